The first-order valence-electron chi connectivity index (χ1n) is 8.77. The van der Waals surface area contributed by atoms with Crippen LogP contribution in [0.15, 0.2) is 60.7 Å². The van der Waals surface area contributed by atoms with Crippen molar-refractivity contribution in [2.75, 3.05) is 0 Å². The summed E-state index contributed by atoms with van der Waals surface area (Å²) >= 11 is 0. The van der Waals surface area contributed by atoms with E-state index >= 15 is 0 Å². The normalized spacial score (nSPS) is 13.2. The summed E-state index contributed by atoms with van der Waals surface area (Å²) in [6.45, 7) is 0.850. The Kier molecular flexibility index (Phi) is 4.13. The second-order valence-electron chi connectivity index (χ2n) is 6.55. The van der Waals surface area contributed by atoms with Crippen LogP contribution in [-0.4, -0.2) is 9.49 Å². The smallest absolute Gasteiger partial charge is 0.269 e. The van der Waals surface area contributed by atoms with Crippen LogP contribution >= 0.6 is 0 Å². The molecule has 1 aliphatic rings. The number of aromatic nitrogens is 1. The van der Waals surface area contributed by atoms with Crippen molar-refractivity contribution in [2.24, 2.45) is 0 Å². The predicted molar refractivity (Wildman–Crippen MR) is 101 cm³/mol. The van der Waals surface area contributed by atoms with Crippen molar-refractivity contribution in [3.63, 3.8) is 0 Å². The third kappa shape index (κ3) is 2.81. The highest BCUT2D eigenvalue weighted by atomic mass is 16.6. The van der Waals surface area contributed by atoms with E-state index in [1.807, 2.05) is 30.3 Å². The summed E-state index contributed by atoms with van der Waals surface area (Å²) in [7, 11) is 0. The van der Waals surface area contributed by atoms with Crippen molar-refractivity contribution in [3.05, 3.63) is 82.0 Å². The van der Waals surface area contributed by atoms with Gasteiger partial charge >= 0.3 is 0 Å². The van der Waals surface area contributed by atoms with Gasteiger partial charge in [-0.3, -0.25) is 15.5 Å². The van der Waals surface area contributed by atoms with E-state index in [9.17, 15) is 10.1 Å². The number of rotatable bonds is 3. The van der Waals surface area contributed by atoms with Gasteiger partial charge < -0.3 is 4.57 Å². The molecule has 5 nitrogen and oxygen atoms in total. The second kappa shape index (κ2) is 6.59. The zero-order chi connectivity index (χ0) is 18.1. The Morgan fingerprint density at radius 1 is 0.962 bits per heavy atom. The highest BCUT2D eigenvalue weighted by molar-refractivity contribution is 5.83. The molecule has 0 fully saturated rings. The number of benzene rings is 2. The Morgan fingerprint density at radius 2 is 1.69 bits per heavy atom. The number of pyridine rings is 1. The standard InChI is InChI=1S/C21H19N3O2/c22-21-20(16-9-11-17(12-10-16)24(25)26)19(15-6-2-1-3-7-15)14-18-8-4-5-13-23(18)21/h1-3,6-7,9-12,14,22H,4-5,8,13H2. The van der Waals surface area contributed by atoms with Gasteiger partial charge in [0, 0.05) is 29.9 Å². The van der Waals surface area contributed by atoms with Gasteiger partial charge in [-0.25, -0.2) is 0 Å². The van der Waals surface area contributed by atoms with Crippen LogP contribution in [0.1, 0.15) is 18.5 Å². The third-order valence-electron chi connectivity index (χ3n) is 4.95. The molecule has 4 rings (SSSR count). The summed E-state index contributed by atoms with van der Waals surface area (Å²) in [4.78, 5) is 10.6. The molecule has 0 bridgehead atoms. The van der Waals surface area contributed by atoms with Crippen LogP contribution in [0.25, 0.3) is 22.3 Å². The molecule has 0 saturated carbocycles. The fourth-order valence-corrected chi connectivity index (χ4v) is 3.65. The Balaban J connectivity index is 1.97. The number of hydrogen-bond acceptors (Lipinski definition) is 3. The SMILES string of the molecule is N=c1c(-c2ccc([N+](=O)[O-])cc2)c(-c2ccccc2)cc2n1CCCC2. The first-order valence-corrected chi connectivity index (χ1v) is 8.77. The van der Waals surface area contributed by atoms with Gasteiger partial charge in [-0.1, -0.05) is 30.3 Å². The van der Waals surface area contributed by atoms with E-state index in [1.54, 1.807) is 12.1 Å². The Hall–Kier alpha value is -3.21. The number of nitro benzene ring substituents is 1. The van der Waals surface area contributed by atoms with Crippen LogP contribution in [0, 0.1) is 15.5 Å². The lowest BCUT2D eigenvalue weighted by atomic mass is 9.93. The molecule has 0 radical (unpaired) electrons. The summed E-state index contributed by atoms with van der Waals surface area (Å²) in [6.07, 6.45) is 3.20. The largest absolute Gasteiger partial charge is 0.330 e. The molecule has 2 heterocycles. The van der Waals surface area contributed by atoms with E-state index in [-0.39, 0.29) is 5.69 Å². The van der Waals surface area contributed by atoms with Crippen LogP contribution in [0.5, 0.6) is 0 Å². The first-order chi connectivity index (χ1) is 12.6. The minimum atomic E-state index is -0.398. The molecule has 130 valence electrons. The van der Waals surface area contributed by atoms with Crippen molar-refractivity contribution in [1.29, 1.82) is 5.41 Å². The first kappa shape index (κ1) is 16.3. The molecular weight excluding hydrogens is 326 g/mol. The molecule has 5 heteroatoms. The highest BCUT2D eigenvalue weighted by Crippen LogP contribution is 2.32. The number of nitrogens with one attached hydrogen (secondary N) is 1. The molecule has 3 aromatic rings. The minimum Gasteiger partial charge on any atom is -0.330 e. The number of nitro groups is 1. The summed E-state index contributed by atoms with van der Waals surface area (Å²) in [5.41, 5.74) is 5.46. The fraction of sp³-hybridized carbons (Fsp3) is 0.190. The van der Waals surface area contributed by atoms with Gasteiger partial charge in [-0.2, -0.15) is 0 Å². The van der Waals surface area contributed by atoms with E-state index in [0.29, 0.717) is 5.49 Å². The minimum absolute atomic E-state index is 0.0622. The number of hydrogen-bond donors (Lipinski definition) is 1. The molecule has 1 aliphatic heterocycles. The topological polar surface area (TPSA) is 71.9 Å². The van der Waals surface area contributed by atoms with E-state index in [0.717, 1.165) is 48.1 Å². The number of nitrogens with zero attached hydrogens (tertiary/aromatic N) is 2. The lowest BCUT2D eigenvalue weighted by molar-refractivity contribution is -0.384. The molecule has 0 spiro atoms. The van der Waals surface area contributed by atoms with Crippen LogP contribution < -0.4 is 5.49 Å². The van der Waals surface area contributed by atoms with Gasteiger partial charge in [-0.05, 0) is 54.2 Å². The monoisotopic (exact) mass is 345 g/mol. The Bertz CT molecular complexity index is 1020. The zero-order valence-electron chi connectivity index (χ0n) is 14.3. The van der Waals surface area contributed by atoms with Crippen molar-refractivity contribution in [2.45, 2.75) is 25.8 Å². The average molecular weight is 345 g/mol. The van der Waals surface area contributed by atoms with Crippen molar-refractivity contribution < 1.29 is 4.92 Å². The quantitative estimate of drug-likeness (QED) is 0.559. The molecule has 2 aromatic carbocycles. The number of fused-ring (bicyclic) bond motifs is 1. The van der Waals surface area contributed by atoms with Crippen LogP contribution in [0.3, 0.4) is 0 Å². The summed E-state index contributed by atoms with van der Waals surface area (Å²) in [6, 6.07) is 18.7. The van der Waals surface area contributed by atoms with Gasteiger partial charge in [0.2, 0.25) is 0 Å². The second-order valence-corrected chi connectivity index (χ2v) is 6.55. The third-order valence-corrected chi connectivity index (χ3v) is 4.95. The lowest BCUT2D eigenvalue weighted by Gasteiger charge is -2.23. The van der Waals surface area contributed by atoms with Gasteiger partial charge in [-0.15, -0.1) is 0 Å². The lowest BCUT2D eigenvalue weighted by Crippen LogP contribution is -2.28. The molecule has 26 heavy (non-hydrogen) atoms. The van der Waals surface area contributed by atoms with Gasteiger partial charge in [0.1, 0.15) is 5.49 Å². The van der Waals surface area contributed by atoms with E-state index in [4.69, 9.17) is 5.41 Å². The summed E-state index contributed by atoms with van der Waals surface area (Å²) in [5.74, 6) is 0. The molecule has 0 amide bonds. The molecule has 0 unspecified atom stereocenters. The zero-order valence-corrected chi connectivity index (χ0v) is 14.3. The predicted octanol–water partition coefficient (Wildman–Crippen LogP) is 4.55. The fourth-order valence-electron chi connectivity index (χ4n) is 3.65. The maximum absolute atomic E-state index is 11.0. The molecule has 0 aliphatic carbocycles. The molecule has 0 saturated heterocycles. The Morgan fingerprint density at radius 3 is 2.38 bits per heavy atom. The van der Waals surface area contributed by atoms with Crippen LogP contribution in [0.4, 0.5) is 5.69 Å². The molecule has 1 aromatic heterocycles. The summed E-state index contributed by atoms with van der Waals surface area (Å²) in [5, 5.41) is 19.8. The molecule has 1 N–H and O–H groups in total. The molecular formula is C21H19N3O2. The van der Waals surface area contributed by atoms with E-state index in [1.165, 1.54) is 17.8 Å². The van der Waals surface area contributed by atoms with Crippen LogP contribution in [-0.2, 0) is 13.0 Å². The highest BCUT2D eigenvalue weighted by Gasteiger charge is 2.18. The van der Waals surface area contributed by atoms with Gasteiger partial charge in [0.05, 0.1) is 4.92 Å². The maximum atomic E-state index is 11.0. The number of non-ortho nitro benzene ring substituents is 1. The number of aryl methyl sites for hydroxylation is 1. The Labute approximate surface area is 151 Å². The van der Waals surface area contributed by atoms with Crippen molar-refractivity contribution >= 4 is 5.69 Å². The van der Waals surface area contributed by atoms with E-state index in [2.05, 4.69) is 10.6 Å². The van der Waals surface area contributed by atoms with Crippen LogP contribution in [0.2, 0.25) is 0 Å². The van der Waals surface area contributed by atoms with E-state index < -0.39 is 4.92 Å². The summed E-state index contributed by atoms with van der Waals surface area (Å²) < 4.78 is 2.08. The van der Waals surface area contributed by atoms with Gasteiger partial charge in [0.15, 0.2) is 0 Å². The molecule has 0 atom stereocenters. The van der Waals surface area contributed by atoms with Crippen molar-refractivity contribution in [1.82, 2.24) is 4.57 Å². The average Bonchev–Trinajstić information content (AvgIpc) is 2.69. The maximum Gasteiger partial charge on any atom is 0.269 e. The van der Waals surface area contributed by atoms with Crippen molar-refractivity contribution in [3.8, 4) is 22.3 Å². The van der Waals surface area contributed by atoms with Gasteiger partial charge in [0.25, 0.3) is 5.69 Å².